The van der Waals surface area contributed by atoms with E-state index in [0.29, 0.717) is 0 Å². The van der Waals surface area contributed by atoms with Crippen LogP contribution >= 0.6 is 0 Å². The van der Waals surface area contributed by atoms with Crippen LogP contribution in [0.4, 0.5) is 0 Å². The fourth-order valence-electron chi connectivity index (χ4n) is 5.33. The molecule has 0 aliphatic heterocycles. The lowest BCUT2D eigenvalue weighted by molar-refractivity contribution is 1.13. The van der Waals surface area contributed by atoms with E-state index in [9.17, 15) is 0 Å². The van der Waals surface area contributed by atoms with Crippen LogP contribution in [0.25, 0.3) is 55.0 Å². The Hall–Kier alpha value is -4.30. The third kappa shape index (κ3) is 3.25. The van der Waals surface area contributed by atoms with Gasteiger partial charge in [-0.1, -0.05) is 86.6 Å². The van der Waals surface area contributed by atoms with Crippen LogP contribution in [0, 0.1) is 6.92 Å². The van der Waals surface area contributed by atoms with Gasteiger partial charge in [0, 0.05) is 32.9 Å². The highest BCUT2D eigenvalue weighted by atomic mass is 15.0. The van der Waals surface area contributed by atoms with Crippen molar-refractivity contribution >= 4 is 43.6 Å². The summed E-state index contributed by atoms with van der Waals surface area (Å²) in [7, 11) is 0. The molecule has 0 saturated carbocycles. The third-order valence-electron chi connectivity index (χ3n) is 6.76. The van der Waals surface area contributed by atoms with E-state index in [1.54, 1.807) is 0 Å². The number of hydrogen-bond acceptors (Lipinski definition) is 0. The van der Waals surface area contributed by atoms with E-state index in [0.717, 1.165) is 0 Å². The molecule has 5 aromatic carbocycles. The number of para-hydroxylation sites is 3. The fraction of sp³-hybridized carbons (Fsp3) is 0.0909. The average molecular weight is 453 g/mol. The van der Waals surface area contributed by atoms with Crippen LogP contribution < -0.4 is 0 Å². The lowest BCUT2D eigenvalue weighted by Gasteiger charge is -2.13. The van der Waals surface area contributed by atoms with Crippen molar-refractivity contribution in [1.82, 2.24) is 9.13 Å². The quantitative estimate of drug-likeness (QED) is 0.247. The summed E-state index contributed by atoms with van der Waals surface area (Å²) in [6.07, 6.45) is 0. The molecule has 2 aromatic heterocycles. The lowest BCUT2D eigenvalue weighted by atomic mass is 10.1. The molecule has 0 saturated heterocycles. The Morgan fingerprint density at radius 3 is 1.34 bits per heavy atom. The summed E-state index contributed by atoms with van der Waals surface area (Å²) in [6, 6.07) is 41.7. The Balaban J connectivity index is 0.00000112. The molecule has 0 radical (unpaired) electrons. The summed E-state index contributed by atoms with van der Waals surface area (Å²) in [5.41, 5.74) is 8.55. The van der Waals surface area contributed by atoms with Crippen LogP contribution in [0.1, 0.15) is 19.4 Å². The minimum atomic E-state index is 1.17. The molecule has 0 amide bonds. The molecule has 0 aliphatic rings. The Kier molecular flexibility index (Phi) is 5.15. The lowest BCUT2D eigenvalue weighted by Crippen LogP contribution is -1.98. The molecule has 7 aromatic rings. The molecular formula is C33H28N2. The molecule has 0 N–H and O–H groups in total. The molecule has 2 heteroatoms. The maximum atomic E-state index is 2.40. The molecule has 35 heavy (non-hydrogen) atoms. The number of fused-ring (bicyclic) bond motifs is 6. The number of nitrogens with zero attached hydrogens (tertiary/aromatic N) is 2. The van der Waals surface area contributed by atoms with Gasteiger partial charge in [0.15, 0.2) is 0 Å². The number of hydrogen-bond donors (Lipinski definition) is 0. The normalized spacial score (nSPS) is 11.3. The van der Waals surface area contributed by atoms with Gasteiger partial charge < -0.3 is 9.13 Å². The standard InChI is InChI=1S/C31H22N2.C2H6/c1-21-17-18-27-26-13-4-7-16-30(26)33(31(27)19-21)23-10-8-9-22(20-23)32-28-14-5-2-11-24(28)25-12-3-6-15-29(25)32;1-2/h2-20H,1H3;1-2H3. The van der Waals surface area contributed by atoms with Crippen LogP contribution in [-0.4, -0.2) is 9.13 Å². The van der Waals surface area contributed by atoms with E-state index in [1.807, 2.05) is 13.8 Å². The van der Waals surface area contributed by atoms with Gasteiger partial charge in [0.25, 0.3) is 0 Å². The minimum Gasteiger partial charge on any atom is -0.309 e. The number of rotatable bonds is 2. The van der Waals surface area contributed by atoms with Crippen LogP contribution in [0.2, 0.25) is 0 Å². The van der Waals surface area contributed by atoms with E-state index in [4.69, 9.17) is 0 Å². The van der Waals surface area contributed by atoms with Crippen molar-refractivity contribution in [2.45, 2.75) is 20.8 Å². The van der Waals surface area contributed by atoms with Gasteiger partial charge in [-0.15, -0.1) is 0 Å². The van der Waals surface area contributed by atoms with Crippen LogP contribution in [-0.2, 0) is 0 Å². The fourth-order valence-corrected chi connectivity index (χ4v) is 5.33. The number of benzene rings is 5. The van der Waals surface area contributed by atoms with Crippen LogP contribution in [0.3, 0.4) is 0 Å². The Bertz CT molecular complexity index is 1780. The first kappa shape index (κ1) is 21.2. The van der Waals surface area contributed by atoms with E-state index < -0.39 is 0 Å². The molecule has 0 atom stereocenters. The van der Waals surface area contributed by atoms with Crippen molar-refractivity contribution in [1.29, 1.82) is 0 Å². The zero-order valence-corrected chi connectivity index (χ0v) is 20.4. The van der Waals surface area contributed by atoms with Gasteiger partial charge in [0.2, 0.25) is 0 Å². The molecule has 0 fully saturated rings. The molecular weight excluding hydrogens is 424 g/mol. The summed E-state index contributed by atoms with van der Waals surface area (Å²) in [6.45, 7) is 6.16. The van der Waals surface area contributed by atoms with E-state index >= 15 is 0 Å². The van der Waals surface area contributed by atoms with Crippen molar-refractivity contribution < 1.29 is 0 Å². The first-order valence-corrected chi connectivity index (χ1v) is 12.4. The SMILES string of the molecule is CC.Cc1ccc2c3ccccc3n(-c3cccc(-n4c5ccccc5c5ccccc54)c3)c2c1. The third-order valence-corrected chi connectivity index (χ3v) is 6.76. The van der Waals surface area contributed by atoms with Gasteiger partial charge in [-0.25, -0.2) is 0 Å². The Morgan fingerprint density at radius 1 is 0.400 bits per heavy atom. The van der Waals surface area contributed by atoms with Crippen LogP contribution in [0.15, 0.2) is 115 Å². The summed E-state index contributed by atoms with van der Waals surface area (Å²) in [4.78, 5) is 0. The summed E-state index contributed by atoms with van der Waals surface area (Å²) in [5, 5.41) is 5.14. The zero-order valence-electron chi connectivity index (χ0n) is 20.4. The monoisotopic (exact) mass is 452 g/mol. The molecule has 0 bridgehead atoms. The summed E-state index contributed by atoms with van der Waals surface area (Å²) < 4.78 is 4.78. The van der Waals surface area contributed by atoms with Gasteiger partial charge in [0.05, 0.1) is 22.1 Å². The second-order valence-corrected chi connectivity index (χ2v) is 8.76. The maximum Gasteiger partial charge on any atom is 0.0543 e. The maximum absolute atomic E-state index is 2.40. The highest BCUT2D eigenvalue weighted by molar-refractivity contribution is 6.10. The first-order valence-electron chi connectivity index (χ1n) is 12.4. The van der Waals surface area contributed by atoms with E-state index in [2.05, 4.69) is 131 Å². The van der Waals surface area contributed by atoms with Gasteiger partial charge in [-0.2, -0.15) is 0 Å². The first-order chi connectivity index (χ1) is 17.3. The second kappa shape index (κ2) is 8.48. The molecule has 170 valence electrons. The number of aryl methyl sites for hydroxylation is 1. The van der Waals surface area contributed by atoms with Gasteiger partial charge >= 0.3 is 0 Å². The van der Waals surface area contributed by atoms with Crippen molar-refractivity contribution in [3.63, 3.8) is 0 Å². The Labute approximate surface area is 205 Å². The van der Waals surface area contributed by atoms with Gasteiger partial charge in [0.1, 0.15) is 0 Å². The van der Waals surface area contributed by atoms with Crippen LogP contribution in [0.5, 0.6) is 0 Å². The average Bonchev–Trinajstić information content (AvgIpc) is 3.42. The van der Waals surface area contributed by atoms with Crippen molar-refractivity contribution in [3.05, 3.63) is 121 Å². The molecule has 2 heterocycles. The Morgan fingerprint density at radius 2 is 0.829 bits per heavy atom. The predicted octanol–water partition coefficient (Wildman–Crippen LogP) is 9.22. The summed E-state index contributed by atoms with van der Waals surface area (Å²) >= 11 is 0. The van der Waals surface area contributed by atoms with E-state index in [-0.39, 0.29) is 0 Å². The minimum absolute atomic E-state index is 1.17. The molecule has 7 rings (SSSR count). The van der Waals surface area contributed by atoms with Crippen molar-refractivity contribution in [2.75, 3.05) is 0 Å². The molecule has 2 nitrogen and oxygen atoms in total. The topological polar surface area (TPSA) is 9.86 Å². The van der Waals surface area contributed by atoms with Crippen molar-refractivity contribution in [2.24, 2.45) is 0 Å². The highest BCUT2D eigenvalue weighted by Gasteiger charge is 2.15. The predicted molar refractivity (Wildman–Crippen MR) is 151 cm³/mol. The van der Waals surface area contributed by atoms with Gasteiger partial charge in [-0.05, 0) is 55.0 Å². The van der Waals surface area contributed by atoms with E-state index in [1.165, 1.54) is 60.5 Å². The van der Waals surface area contributed by atoms with Gasteiger partial charge in [-0.3, -0.25) is 0 Å². The molecule has 0 unspecified atom stereocenters. The highest BCUT2D eigenvalue weighted by Crippen LogP contribution is 2.35. The largest absolute Gasteiger partial charge is 0.309 e. The molecule has 0 spiro atoms. The molecule has 0 aliphatic carbocycles. The number of aromatic nitrogens is 2. The van der Waals surface area contributed by atoms with Crippen molar-refractivity contribution in [3.8, 4) is 11.4 Å². The zero-order chi connectivity index (χ0) is 23.9. The second-order valence-electron chi connectivity index (χ2n) is 8.76. The summed E-state index contributed by atoms with van der Waals surface area (Å²) in [5.74, 6) is 0. The smallest absolute Gasteiger partial charge is 0.0543 e.